The summed E-state index contributed by atoms with van der Waals surface area (Å²) < 4.78 is 28.4. The highest BCUT2D eigenvalue weighted by atomic mass is 32.2. The van der Waals surface area contributed by atoms with Crippen LogP contribution in [0.1, 0.15) is 26.5 Å². The average molecular weight is 315 g/mol. The molecule has 20 heavy (non-hydrogen) atoms. The van der Waals surface area contributed by atoms with E-state index in [2.05, 4.69) is 0 Å². The molecule has 1 fully saturated rings. The molecule has 5 nitrogen and oxygen atoms in total. The molecule has 0 N–H and O–H groups in total. The Balaban J connectivity index is 1.77. The first-order chi connectivity index (χ1) is 9.46. The third kappa shape index (κ3) is 2.62. The maximum absolute atomic E-state index is 12.5. The highest BCUT2D eigenvalue weighted by molar-refractivity contribution is 7.91. The number of amides is 1. The van der Waals surface area contributed by atoms with Gasteiger partial charge in [0.15, 0.2) is 9.84 Å². The van der Waals surface area contributed by atoms with Crippen LogP contribution in [-0.4, -0.2) is 50.4 Å². The van der Waals surface area contributed by atoms with E-state index in [1.807, 2.05) is 6.07 Å². The van der Waals surface area contributed by atoms with Crippen LogP contribution in [0.15, 0.2) is 6.07 Å². The fraction of sp³-hybridized carbons (Fsp3) is 0.615. The smallest absolute Gasteiger partial charge is 0.263 e. The number of carbonyl (C=O) groups is 1. The number of fused-ring (bicyclic) bond motifs is 1. The third-order valence-electron chi connectivity index (χ3n) is 3.91. The first-order valence-corrected chi connectivity index (χ1v) is 9.27. The lowest BCUT2D eigenvalue weighted by Crippen LogP contribution is -2.37. The minimum absolute atomic E-state index is 0.0773. The number of sulfone groups is 1. The molecule has 1 aromatic heterocycles. The van der Waals surface area contributed by atoms with Crippen molar-refractivity contribution in [2.75, 3.05) is 25.2 Å². The normalized spacial score (nSPS) is 24.4. The zero-order valence-electron chi connectivity index (χ0n) is 11.3. The maximum Gasteiger partial charge on any atom is 0.263 e. The topological polar surface area (TPSA) is 63.7 Å². The zero-order chi connectivity index (χ0) is 14.3. The first-order valence-electron chi connectivity index (χ1n) is 6.63. The molecule has 0 aliphatic carbocycles. The van der Waals surface area contributed by atoms with E-state index in [1.165, 1.54) is 16.2 Å². The molecule has 3 rings (SSSR count). The van der Waals surface area contributed by atoms with E-state index in [1.54, 1.807) is 11.9 Å². The van der Waals surface area contributed by atoms with Gasteiger partial charge in [0, 0.05) is 24.4 Å². The number of thiophene rings is 1. The molecule has 1 atom stereocenters. The SMILES string of the molecule is CN(C(=O)c1cc2c(s1)CCOC2)[C@H]1CCS(=O)(=O)C1. The summed E-state index contributed by atoms with van der Waals surface area (Å²) in [6.07, 6.45) is 1.40. The maximum atomic E-state index is 12.5. The van der Waals surface area contributed by atoms with E-state index in [-0.39, 0.29) is 23.5 Å². The summed E-state index contributed by atoms with van der Waals surface area (Å²) in [7, 11) is -1.27. The van der Waals surface area contributed by atoms with Crippen molar-refractivity contribution < 1.29 is 17.9 Å². The summed E-state index contributed by atoms with van der Waals surface area (Å²) in [6.45, 7) is 1.28. The monoisotopic (exact) mass is 315 g/mol. The fourth-order valence-corrected chi connectivity index (χ4v) is 5.58. The van der Waals surface area contributed by atoms with Crippen molar-refractivity contribution in [3.63, 3.8) is 0 Å². The average Bonchev–Trinajstić information content (AvgIpc) is 3.00. The summed E-state index contributed by atoms with van der Waals surface area (Å²) in [6, 6.07) is 1.70. The molecule has 0 aromatic carbocycles. The summed E-state index contributed by atoms with van der Waals surface area (Å²) in [4.78, 5) is 15.9. The quantitative estimate of drug-likeness (QED) is 0.819. The second-order valence-electron chi connectivity index (χ2n) is 5.33. The van der Waals surface area contributed by atoms with Crippen LogP contribution in [0.25, 0.3) is 0 Å². The van der Waals surface area contributed by atoms with Gasteiger partial charge >= 0.3 is 0 Å². The lowest BCUT2D eigenvalue weighted by atomic mass is 10.2. The molecule has 1 amide bonds. The molecule has 2 aliphatic heterocycles. The molecule has 0 saturated carbocycles. The number of rotatable bonds is 2. The Hall–Kier alpha value is -0.920. The molecule has 1 aromatic rings. The van der Waals surface area contributed by atoms with Crippen LogP contribution in [0.5, 0.6) is 0 Å². The Labute approximate surface area is 122 Å². The molecule has 3 heterocycles. The van der Waals surface area contributed by atoms with Gasteiger partial charge in [0.2, 0.25) is 0 Å². The summed E-state index contributed by atoms with van der Waals surface area (Å²) in [5.74, 6) is 0.194. The van der Waals surface area contributed by atoms with Crippen molar-refractivity contribution in [3.05, 3.63) is 21.4 Å². The van der Waals surface area contributed by atoms with Gasteiger partial charge in [-0.3, -0.25) is 4.79 Å². The number of hydrogen-bond acceptors (Lipinski definition) is 5. The molecule has 0 radical (unpaired) electrons. The van der Waals surface area contributed by atoms with E-state index in [9.17, 15) is 13.2 Å². The molecule has 7 heteroatoms. The first kappa shape index (κ1) is 14.0. The predicted octanol–water partition coefficient (Wildman–Crippen LogP) is 1.08. The number of hydrogen-bond donors (Lipinski definition) is 0. The van der Waals surface area contributed by atoms with Gasteiger partial charge < -0.3 is 9.64 Å². The molecule has 0 spiro atoms. The van der Waals surface area contributed by atoms with Crippen LogP contribution in [0.3, 0.4) is 0 Å². The second kappa shape index (κ2) is 5.13. The van der Waals surface area contributed by atoms with E-state index in [4.69, 9.17) is 4.74 Å². The molecule has 110 valence electrons. The largest absolute Gasteiger partial charge is 0.376 e. The Bertz CT molecular complexity index is 611. The van der Waals surface area contributed by atoms with Crippen LogP contribution < -0.4 is 0 Å². The standard InChI is InChI=1S/C13H17NO4S2/c1-14(10-3-5-20(16,17)8-10)13(15)12-6-9-7-18-4-2-11(9)19-12/h6,10H,2-5,7-8H2,1H3/t10-/m0/s1. The van der Waals surface area contributed by atoms with Gasteiger partial charge in [-0.2, -0.15) is 0 Å². The van der Waals surface area contributed by atoms with Crippen LogP contribution in [0.2, 0.25) is 0 Å². The van der Waals surface area contributed by atoms with Gasteiger partial charge in [-0.05, 0) is 18.1 Å². The Morgan fingerprint density at radius 1 is 1.50 bits per heavy atom. The van der Waals surface area contributed by atoms with E-state index >= 15 is 0 Å². The Morgan fingerprint density at radius 3 is 2.95 bits per heavy atom. The van der Waals surface area contributed by atoms with Crippen LogP contribution in [-0.2, 0) is 27.6 Å². The van der Waals surface area contributed by atoms with Crippen LogP contribution in [0.4, 0.5) is 0 Å². The van der Waals surface area contributed by atoms with Crippen molar-refractivity contribution in [3.8, 4) is 0 Å². The fourth-order valence-electron chi connectivity index (χ4n) is 2.67. The Morgan fingerprint density at radius 2 is 2.30 bits per heavy atom. The van der Waals surface area contributed by atoms with Crippen molar-refractivity contribution >= 4 is 27.1 Å². The Kier molecular flexibility index (Phi) is 3.60. The van der Waals surface area contributed by atoms with E-state index in [0.29, 0.717) is 24.5 Å². The van der Waals surface area contributed by atoms with Gasteiger partial charge in [-0.25, -0.2) is 8.42 Å². The highest BCUT2D eigenvalue weighted by Gasteiger charge is 2.33. The number of ether oxygens (including phenoxy) is 1. The van der Waals surface area contributed by atoms with Gasteiger partial charge in [-0.15, -0.1) is 11.3 Å². The predicted molar refractivity (Wildman–Crippen MR) is 76.8 cm³/mol. The molecule has 0 unspecified atom stereocenters. The second-order valence-corrected chi connectivity index (χ2v) is 8.70. The minimum Gasteiger partial charge on any atom is -0.376 e. The van der Waals surface area contributed by atoms with Gasteiger partial charge in [0.1, 0.15) is 0 Å². The van der Waals surface area contributed by atoms with Crippen molar-refractivity contribution in [2.24, 2.45) is 0 Å². The van der Waals surface area contributed by atoms with Crippen molar-refractivity contribution in [1.82, 2.24) is 4.90 Å². The molecule has 0 bridgehead atoms. The summed E-state index contributed by atoms with van der Waals surface area (Å²) >= 11 is 1.51. The van der Waals surface area contributed by atoms with Gasteiger partial charge in [0.25, 0.3) is 5.91 Å². The van der Waals surface area contributed by atoms with Gasteiger partial charge in [-0.1, -0.05) is 0 Å². The molecular weight excluding hydrogens is 298 g/mol. The summed E-state index contributed by atoms with van der Waals surface area (Å²) in [5.41, 5.74) is 1.09. The minimum atomic E-state index is -2.97. The van der Waals surface area contributed by atoms with Gasteiger partial charge in [0.05, 0.1) is 29.6 Å². The third-order valence-corrected chi connectivity index (χ3v) is 6.89. The highest BCUT2D eigenvalue weighted by Crippen LogP contribution is 2.28. The van der Waals surface area contributed by atoms with Crippen LogP contribution >= 0.6 is 11.3 Å². The summed E-state index contributed by atoms with van der Waals surface area (Å²) in [5, 5.41) is 0. The lowest BCUT2D eigenvalue weighted by molar-refractivity contribution is 0.0752. The van der Waals surface area contributed by atoms with E-state index in [0.717, 1.165) is 12.0 Å². The van der Waals surface area contributed by atoms with E-state index < -0.39 is 9.84 Å². The number of carbonyl (C=O) groups excluding carboxylic acids is 1. The lowest BCUT2D eigenvalue weighted by Gasteiger charge is -2.22. The molecule has 1 saturated heterocycles. The number of nitrogens with zero attached hydrogens (tertiary/aromatic N) is 1. The zero-order valence-corrected chi connectivity index (χ0v) is 12.9. The van der Waals surface area contributed by atoms with Crippen molar-refractivity contribution in [1.29, 1.82) is 0 Å². The van der Waals surface area contributed by atoms with Crippen LogP contribution in [0, 0.1) is 0 Å². The molecular formula is C13H17NO4S2. The molecule has 2 aliphatic rings. The van der Waals surface area contributed by atoms with Crippen molar-refractivity contribution in [2.45, 2.75) is 25.5 Å².